The van der Waals surface area contributed by atoms with Crippen molar-refractivity contribution in [2.24, 2.45) is 0 Å². The molecule has 0 radical (unpaired) electrons. The van der Waals surface area contributed by atoms with Crippen LogP contribution in [0.4, 0.5) is 0 Å². The van der Waals surface area contributed by atoms with E-state index >= 15 is 0 Å². The molecule has 0 fully saturated rings. The number of allylic oxidation sites excluding steroid dienone is 3. The Morgan fingerprint density at radius 1 is 0.351 bits per heavy atom. The number of aliphatic hydroxyl groups is 2. The van der Waals surface area contributed by atoms with Crippen molar-refractivity contribution in [2.45, 2.75) is 405 Å². The molecule has 1 amide bonds. The van der Waals surface area contributed by atoms with Gasteiger partial charge in [-0.3, -0.25) is 9.59 Å². The van der Waals surface area contributed by atoms with Crippen molar-refractivity contribution in [3.63, 3.8) is 0 Å². The Balaban J connectivity index is 3.38. The second-order valence-electron chi connectivity index (χ2n) is 24.2. The lowest BCUT2D eigenvalue weighted by Crippen LogP contribution is -2.45. The largest absolute Gasteiger partial charge is 0.466 e. The van der Waals surface area contributed by atoms with E-state index in [2.05, 4.69) is 31.3 Å². The van der Waals surface area contributed by atoms with E-state index in [1.165, 1.54) is 327 Å². The average Bonchev–Trinajstić information content (AvgIpc) is 3.43. The first-order valence-electron chi connectivity index (χ1n) is 35.1. The summed E-state index contributed by atoms with van der Waals surface area (Å²) in [6, 6.07) is -0.628. The number of carbonyl (C=O) groups is 2. The maximum Gasteiger partial charge on any atom is 0.305 e. The molecular formula is C71H137NO5. The van der Waals surface area contributed by atoms with E-state index in [1.54, 1.807) is 6.08 Å². The zero-order valence-corrected chi connectivity index (χ0v) is 52.2. The van der Waals surface area contributed by atoms with Gasteiger partial charge in [-0.25, -0.2) is 0 Å². The number of amides is 1. The lowest BCUT2D eigenvalue weighted by Gasteiger charge is -2.20. The molecule has 0 bridgehead atoms. The number of hydrogen-bond acceptors (Lipinski definition) is 5. The third kappa shape index (κ3) is 63.4. The van der Waals surface area contributed by atoms with Crippen LogP contribution in [0.5, 0.6) is 0 Å². The zero-order chi connectivity index (χ0) is 55.7. The van der Waals surface area contributed by atoms with Crippen LogP contribution in [0.15, 0.2) is 24.3 Å². The highest BCUT2D eigenvalue weighted by molar-refractivity contribution is 5.76. The van der Waals surface area contributed by atoms with Crippen molar-refractivity contribution in [1.82, 2.24) is 5.32 Å². The summed E-state index contributed by atoms with van der Waals surface area (Å²) in [6.07, 6.45) is 84.0. The van der Waals surface area contributed by atoms with Gasteiger partial charge in [0, 0.05) is 12.8 Å². The van der Waals surface area contributed by atoms with E-state index in [-0.39, 0.29) is 18.5 Å². The van der Waals surface area contributed by atoms with Crippen LogP contribution in [-0.2, 0) is 14.3 Å². The van der Waals surface area contributed by atoms with E-state index in [1.807, 2.05) is 6.08 Å². The lowest BCUT2D eigenvalue weighted by atomic mass is 10.0. The van der Waals surface area contributed by atoms with Gasteiger partial charge in [-0.1, -0.05) is 346 Å². The van der Waals surface area contributed by atoms with Crippen LogP contribution in [0.25, 0.3) is 0 Å². The summed E-state index contributed by atoms with van der Waals surface area (Å²) in [5, 5.41) is 23.2. The topological polar surface area (TPSA) is 95.9 Å². The summed E-state index contributed by atoms with van der Waals surface area (Å²) < 4.78 is 5.51. The van der Waals surface area contributed by atoms with E-state index in [9.17, 15) is 19.8 Å². The minimum Gasteiger partial charge on any atom is -0.466 e. The summed E-state index contributed by atoms with van der Waals surface area (Å²) in [5.74, 6) is -0.0467. The number of esters is 1. The van der Waals surface area contributed by atoms with Gasteiger partial charge >= 0.3 is 5.97 Å². The maximum atomic E-state index is 12.5. The smallest absolute Gasteiger partial charge is 0.305 e. The zero-order valence-electron chi connectivity index (χ0n) is 52.2. The van der Waals surface area contributed by atoms with Crippen LogP contribution in [0, 0.1) is 0 Å². The van der Waals surface area contributed by atoms with Gasteiger partial charge in [-0.05, 0) is 57.8 Å². The van der Waals surface area contributed by atoms with Gasteiger partial charge in [0.15, 0.2) is 0 Å². The Labute approximate surface area is 481 Å². The summed E-state index contributed by atoms with van der Waals surface area (Å²) in [5.41, 5.74) is 0. The van der Waals surface area contributed by atoms with Gasteiger partial charge in [-0.2, -0.15) is 0 Å². The Hall–Kier alpha value is -1.66. The minimum atomic E-state index is -0.845. The van der Waals surface area contributed by atoms with Crippen LogP contribution in [0.2, 0.25) is 0 Å². The van der Waals surface area contributed by atoms with Gasteiger partial charge < -0.3 is 20.3 Å². The fourth-order valence-corrected chi connectivity index (χ4v) is 11.1. The van der Waals surface area contributed by atoms with Crippen molar-refractivity contribution in [3.8, 4) is 0 Å². The predicted octanol–water partition coefficient (Wildman–Crippen LogP) is 22.5. The van der Waals surface area contributed by atoms with Gasteiger partial charge in [0.25, 0.3) is 0 Å². The van der Waals surface area contributed by atoms with Crippen molar-refractivity contribution in [1.29, 1.82) is 0 Å². The van der Waals surface area contributed by atoms with Crippen LogP contribution >= 0.6 is 0 Å². The molecule has 0 aliphatic rings. The second kappa shape index (κ2) is 66.8. The van der Waals surface area contributed by atoms with Crippen molar-refractivity contribution < 1.29 is 24.5 Å². The second-order valence-corrected chi connectivity index (χ2v) is 24.2. The predicted molar refractivity (Wildman–Crippen MR) is 338 cm³/mol. The monoisotopic (exact) mass is 1080 g/mol. The molecule has 6 nitrogen and oxygen atoms in total. The molecule has 0 rings (SSSR count). The minimum absolute atomic E-state index is 0.0194. The molecule has 2 unspecified atom stereocenters. The molecular weight excluding hydrogens is 947 g/mol. The molecule has 0 spiro atoms. The van der Waals surface area contributed by atoms with E-state index in [0.717, 1.165) is 38.5 Å². The molecule has 456 valence electrons. The number of hydrogen-bond donors (Lipinski definition) is 3. The Kier molecular flexibility index (Phi) is 65.4. The summed E-state index contributed by atoms with van der Waals surface area (Å²) in [6.45, 7) is 4.94. The molecule has 0 aliphatic carbocycles. The molecule has 0 aliphatic heterocycles. The molecule has 0 aromatic rings. The van der Waals surface area contributed by atoms with Gasteiger partial charge in [0.1, 0.15) is 0 Å². The van der Waals surface area contributed by atoms with E-state index in [4.69, 9.17) is 4.74 Å². The molecule has 6 heteroatoms. The molecule has 0 saturated carbocycles. The van der Waals surface area contributed by atoms with Crippen LogP contribution in [0.1, 0.15) is 393 Å². The molecule has 0 aromatic heterocycles. The number of unbranched alkanes of at least 4 members (excludes halogenated alkanes) is 53. The fourth-order valence-electron chi connectivity index (χ4n) is 11.1. The number of rotatable bonds is 66. The highest BCUT2D eigenvalue weighted by Crippen LogP contribution is 2.18. The molecule has 77 heavy (non-hydrogen) atoms. The molecule has 3 N–H and O–H groups in total. The summed E-state index contributed by atoms with van der Waals surface area (Å²) >= 11 is 0. The number of nitrogens with one attached hydrogen (secondary N) is 1. The van der Waals surface area contributed by atoms with Crippen molar-refractivity contribution >= 4 is 11.9 Å². The Morgan fingerprint density at radius 2 is 0.610 bits per heavy atom. The number of aliphatic hydroxyl groups excluding tert-OH is 2. The first-order valence-corrected chi connectivity index (χ1v) is 35.1. The van der Waals surface area contributed by atoms with Gasteiger partial charge in [0.05, 0.1) is 25.4 Å². The Morgan fingerprint density at radius 3 is 0.922 bits per heavy atom. The number of carbonyl (C=O) groups excluding carboxylic acids is 2. The van der Waals surface area contributed by atoms with Crippen LogP contribution in [0.3, 0.4) is 0 Å². The first kappa shape index (κ1) is 75.3. The summed E-state index contributed by atoms with van der Waals surface area (Å²) in [7, 11) is 0. The first-order chi connectivity index (χ1) is 38.0. The third-order valence-corrected chi connectivity index (χ3v) is 16.5. The quantitative estimate of drug-likeness (QED) is 0.0320. The van der Waals surface area contributed by atoms with E-state index < -0.39 is 12.1 Å². The van der Waals surface area contributed by atoms with Crippen molar-refractivity contribution in [2.75, 3.05) is 13.2 Å². The van der Waals surface area contributed by atoms with Crippen LogP contribution < -0.4 is 5.32 Å². The number of ether oxygens (including phenoxy) is 1. The average molecular weight is 1080 g/mol. The third-order valence-electron chi connectivity index (χ3n) is 16.5. The standard InChI is InChI=1S/C71H137NO5/c1-3-5-7-9-11-13-15-17-19-32-37-41-45-49-53-57-61-65-71(76)77-66-62-58-54-50-46-42-38-34-31-29-27-25-23-21-22-24-26-28-30-33-36-40-44-48-52-56-60-64-70(75)72-68(67-73)69(74)63-59-55-51-47-43-39-35-20-18-16-14-12-10-8-6-4-2/h21-22,59,63,68-69,73-74H,3-20,23-58,60-62,64-67H2,1-2H3,(H,72,75)/b22-21-,63-59+. The maximum absolute atomic E-state index is 12.5. The van der Waals surface area contributed by atoms with Crippen LogP contribution in [-0.4, -0.2) is 47.4 Å². The molecule has 2 atom stereocenters. The SMILES string of the molecule is CCCCCCCCCCCCCCCC/C=C/C(O)C(CO)NC(=O)CCCCCCCCCCCCC/C=C\CCCCCCCCCCCCCCOC(=O)CCCCCCCCCCCCCCCCCCC. The fraction of sp³-hybridized carbons (Fsp3) is 0.915. The highest BCUT2D eigenvalue weighted by Gasteiger charge is 2.18. The lowest BCUT2D eigenvalue weighted by molar-refractivity contribution is -0.143. The normalized spacial score (nSPS) is 12.6. The molecule has 0 aromatic carbocycles. The van der Waals surface area contributed by atoms with Gasteiger partial charge in [-0.15, -0.1) is 0 Å². The summed E-state index contributed by atoms with van der Waals surface area (Å²) in [4.78, 5) is 24.6. The van der Waals surface area contributed by atoms with Crippen molar-refractivity contribution in [3.05, 3.63) is 24.3 Å². The molecule has 0 heterocycles. The molecule has 0 saturated heterocycles. The van der Waals surface area contributed by atoms with Gasteiger partial charge in [0.2, 0.25) is 5.91 Å². The Bertz CT molecular complexity index is 1200. The van der Waals surface area contributed by atoms with E-state index in [0.29, 0.717) is 19.4 Å². The highest BCUT2D eigenvalue weighted by atomic mass is 16.5.